The van der Waals surface area contributed by atoms with E-state index >= 15 is 0 Å². The Bertz CT molecular complexity index is 1080. The number of benzene rings is 1. The topological polar surface area (TPSA) is 21.7 Å². The Morgan fingerprint density at radius 2 is 1.70 bits per heavy atom. The Labute approximate surface area is 237 Å². The van der Waals surface area contributed by atoms with Crippen molar-refractivity contribution in [2.75, 3.05) is 6.61 Å². The van der Waals surface area contributed by atoms with E-state index in [1.54, 1.807) is 6.08 Å². The van der Waals surface area contributed by atoms with Gasteiger partial charge < -0.3 is 9.47 Å². The number of hydrogen-bond acceptors (Lipinski definition) is 4. The number of rotatable bonds is 10. The zero-order valence-electron chi connectivity index (χ0n) is 23.7. The molecule has 1 aromatic rings. The lowest BCUT2D eigenvalue weighted by molar-refractivity contribution is -0.137. The molecule has 0 saturated carbocycles. The van der Waals surface area contributed by atoms with Crippen molar-refractivity contribution >= 4 is 11.9 Å². The van der Waals surface area contributed by atoms with Gasteiger partial charge >= 0.3 is 12.4 Å². The van der Waals surface area contributed by atoms with Crippen molar-refractivity contribution in [1.82, 2.24) is 4.31 Å². The first-order chi connectivity index (χ1) is 18.7. The number of halogens is 6. The minimum absolute atomic E-state index is 0.0869. The zero-order chi connectivity index (χ0) is 29.7. The van der Waals surface area contributed by atoms with Gasteiger partial charge in [-0.15, -0.1) is 0 Å². The van der Waals surface area contributed by atoms with Crippen LogP contribution in [0.3, 0.4) is 0 Å². The summed E-state index contributed by atoms with van der Waals surface area (Å²) in [5.74, 6) is 0.517. The second-order valence-corrected chi connectivity index (χ2v) is 11.9. The molecule has 0 spiro atoms. The van der Waals surface area contributed by atoms with E-state index in [2.05, 4.69) is 4.31 Å². The fourth-order valence-electron chi connectivity index (χ4n) is 4.92. The summed E-state index contributed by atoms with van der Waals surface area (Å²) in [7, 11) is 0. The van der Waals surface area contributed by atoms with E-state index in [0.717, 1.165) is 54.0 Å². The van der Waals surface area contributed by atoms with Gasteiger partial charge in [-0.2, -0.15) is 26.3 Å². The summed E-state index contributed by atoms with van der Waals surface area (Å²) in [5.41, 5.74) is -0.465. The van der Waals surface area contributed by atoms with Gasteiger partial charge in [-0.1, -0.05) is 38.8 Å². The average Bonchev–Trinajstić information content (AvgIpc) is 2.85. The van der Waals surface area contributed by atoms with E-state index in [1.165, 1.54) is 24.9 Å². The molecule has 2 bridgehead atoms. The van der Waals surface area contributed by atoms with Crippen molar-refractivity contribution in [2.45, 2.75) is 104 Å². The number of allylic oxidation sites excluding steroid dienone is 5. The summed E-state index contributed by atoms with van der Waals surface area (Å²) in [6, 6.07) is 3.62. The highest BCUT2D eigenvalue weighted by Crippen LogP contribution is 2.44. The lowest BCUT2D eigenvalue weighted by Crippen LogP contribution is -2.51. The van der Waals surface area contributed by atoms with Gasteiger partial charge in [0.25, 0.3) is 0 Å². The Balaban J connectivity index is 1.79. The molecule has 1 aromatic carbocycles. The first-order valence-electron chi connectivity index (χ1n) is 13.8. The maximum Gasteiger partial charge on any atom is 0.416 e. The van der Waals surface area contributed by atoms with E-state index < -0.39 is 23.5 Å². The number of nitrogens with zero attached hydrogens (tertiary/aromatic N) is 1. The fraction of sp³-hybridized carbons (Fsp3) is 0.600. The van der Waals surface area contributed by atoms with Crippen LogP contribution >= 0.6 is 11.9 Å². The van der Waals surface area contributed by atoms with Gasteiger partial charge in [-0.05, 0) is 81.3 Å². The standard InChI is InChI=1S/C30H39F6NO2S/c1-6-20(5)28(14-12-21(7-2)29(31,32)33)40-37-23-9-8-10-24(37)17-25(16-23)39-26-13-11-22(30(34,35)36)15-27(26)38-18-19(3)4/h7,11-15,19,23-25H,6,8-10,16-18H2,1-5H3/b14-12-,21-7+,28-20+/t23-,24?,25?/m0/s1. The predicted molar refractivity (Wildman–Crippen MR) is 148 cm³/mol. The largest absolute Gasteiger partial charge is 0.489 e. The van der Waals surface area contributed by atoms with Crippen LogP contribution in [0.25, 0.3) is 0 Å². The van der Waals surface area contributed by atoms with Gasteiger partial charge in [0.2, 0.25) is 0 Å². The summed E-state index contributed by atoms with van der Waals surface area (Å²) in [6.45, 7) is 9.40. The Kier molecular flexibility index (Phi) is 11.1. The predicted octanol–water partition coefficient (Wildman–Crippen LogP) is 9.90. The number of alkyl halides is 6. The van der Waals surface area contributed by atoms with Crippen LogP contribution in [-0.4, -0.2) is 35.3 Å². The molecule has 2 unspecified atom stereocenters. The number of ether oxygens (including phenoxy) is 2. The third-order valence-electron chi connectivity index (χ3n) is 7.21. The van der Waals surface area contributed by atoms with Gasteiger partial charge in [-0.3, -0.25) is 0 Å². The van der Waals surface area contributed by atoms with Crippen molar-refractivity contribution in [3.63, 3.8) is 0 Å². The highest BCUT2D eigenvalue weighted by Gasteiger charge is 2.41. The molecule has 3 atom stereocenters. The summed E-state index contributed by atoms with van der Waals surface area (Å²) < 4.78 is 94.2. The highest BCUT2D eigenvalue weighted by atomic mass is 32.2. The molecule has 224 valence electrons. The minimum Gasteiger partial charge on any atom is -0.489 e. The molecule has 40 heavy (non-hydrogen) atoms. The molecule has 0 radical (unpaired) electrons. The molecule has 2 heterocycles. The third-order valence-corrected chi connectivity index (χ3v) is 8.70. The molecular formula is C30H39F6NO2S. The molecule has 0 N–H and O–H groups in total. The summed E-state index contributed by atoms with van der Waals surface area (Å²) >= 11 is 1.51. The quantitative estimate of drug-likeness (QED) is 0.153. The van der Waals surface area contributed by atoms with Crippen molar-refractivity contribution in [2.24, 2.45) is 5.92 Å². The molecular weight excluding hydrogens is 552 g/mol. The van der Waals surface area contributed by atoms with Crippen molar-refractivity contribution in [3.8, 4) is 11.5 Å². The fourth-order valence-corrected chi connectivity index (χ4v) is 6.26. The Morgan fingerprint density at radius 1 is 1.05 bits per heavy atom. The van der Waals surface area contributed by atoms with Crippen LogP contribution in [0, 0.1) is 5.92 Å². The second-order valence-electron chi connectivity index (χ2n) is 10.8. The Morgan fingerprint density at radius 3 is 2.23 bits per heavy atom. The van der Waals surface area contributed by atoms with Crippen molar-refractivity contribution < 1.29 is 35.8 Å². The number of piperidine rings is 2. The maximum absolute atomic E-state index is 13.3. The normalized spacial score (nSPS) is 23.5. The SMILES string of the molecule is C\C=C(/C=C\C(SN1C2CCC[C@H]1CC(Oc1ccc(C(F)(F)F)cc1OCC(C)C)C2)=C(\C)CC)C(F)(F)F. The van der Waals surface area contributed by atoms with Crippen LogP contribution in [-0.2, 0) is 6.18 Å². The second kappa shape index (κ2) is 13.7. The molecule has 2 saturated heterocycles. The summed E-state index contributed by atoms with van der Waals surface area (Å²) in [5, 5.41) is 0. The first kappa shape index (κ1) is 32.4. The molecule has 3 rings (SSSR count). The zero-order valence-corrected chi connectivity index (χ0v) is 24.5. The molecule has 0 aromatic heterocycles. The lowest BCUT2D eigenvalue weighted by Gasteiger charge is -2.48. The van der Waals surface area contributed by atoms with Gasteiger partial charge in [0, 0.05) is 29.8 Å². The van der Waals surface area contributed by atoms with Crippen LogP contribution in [0.5, 0.6) is 11.5 Å². The van der Waals surface area contributed by atoms with Crippen molar-refractivity contribution in [1.29, 1.82) is 0 Å². The van der Waals surface area contributed by atoms with Gasteiger partial charge in [0.1, 0.15) is 6.10 Å². The van der Waals surface area contributed by atoms with E-state index in [1.807, 2.05) is 27.7 Å². The van der Waals surface area contributed by atoms with Crippen LogP contribution in [0.15, 0.2) is 52.5 Å². The molecule has 2 fully saturated rings. The van der Waals surface area contributed by atoms with E-state index in [-0.39, 0.29) is 36.5 Å². The molecule has 0 amide bonds. The monoisotopic (exact) mass is 591 g/mol. The van der Waals surface area contributed by atoms with Crippen molar-refractivity contribution in [3.05, 3.63) is 58.0 Å². The van der Waals surface area contributed by atoms with E-state index in [0.29, 0.717) is 25.0 Å². The van der Waals surface area contributed by atoms with E-state index in [9.17, 15) is 26.3 Å². The van der Waals surface area contributed by atoms with E-state index in [4.69, 9.17) is 9.47 Å². The lowest BCUT2D eigenvalue weighted by atomic mass is 9.85. The minimum atomic E-state index is -4.49. The van der Waals surface area contributed by atoms with Crippen LogP contribution in [0.4, 0.5) is 26.3 Å². The molecule has 0 aliphatic carbocycles. The number of hydrogen-bond donors (Lipinski definition) is 0. The van der Waals surface area contributed by atoms with Gasteiger partial charge in [0.15, 0.2) is 11.5 Å². The summed E-state index contributed by atoms with van der Waals surface area (Å²) in [6.07, 6.45) is -0.429. The third kappa shape index (κ3) is 8.71. The molecule has 2 aliphatic heterocycles. The van der Waals surface area contributed by atoms with Crippen LogP contribution < -0.4 is 9.47 Å². The molecule has 10 heteroatoms. The van der Waals surface area contributed by atoms with Crippen LogP contribution in [0.1, 0.15) is 78.7 Å². The Hall–Kier alpha value is -2.07. The first-order valence-corrected chi connectivity index (χ1v) is 14.6. The summed E-state index contributed by atoms with van der Waals surface area (Å²) in [4.78, 5) is 0.800. The highest BCUT2D eigenvalue weighted by molar-refractivity contribution is 8.01. The maximum atomic E-state index is 13.3. The van der Waals surface area contributed by atoms with Crippen LogP contribution in [0.2, 0.25) is 0 Å². The molecule has 2 aliphatic rings. The average molecular weight is 592 g/mol. The van der Waals surface area contributed by atoms with Gasteiger partial charge in [-0.25, -0.2) is 4.31 Å². The smallest absolute Gasteiger partial charge is 0.416 e. The van der Waals surface area contributed by atoms with Gasteiger partial charge in [0.05, 0.1) is 17.7 Å². The number of fused-ring (bicyclic) bond motifs is 2. The molecule has 3 nitrogen and oxygen atoms in total.